The molecular formula is C15H20FNO. The second kappa shape index (κ2) is 6.10. The van der Waals surface area contributed by atoms with Crippen LogP contribution in [-0.4, -0.2) is 23.8 Å². The van der Waals surface area contributed by atoms with Crippen molar-refractivity contribution in [3.05, 3.63) is 35.6 Å². The first-order valence-corrected chi connectivity index (χ1v) is 6.64. The van der Waals surface area contributed by atoms with Crippen LogP contribution in [0.5, 0.6) is 0 Å². The molecule has 1 fully saturated rings. The van der Waals surface area contributed by atoms with Crippen molar-refractivity contribution in [1.82, 2.24) is 4.90 Å². The normalized spacial score (nSPS) is 21.1. The molecule has 1 aromatic carbocycles. The number of nitrogens with zero attached hydrogens (tertiary/aromatic N) is 1. The smallest absolute Gasteiger partial charge is 0.149 e. The minimum Gasteiger partial charge on any atom is -0.298 e. The lowest BCUT2D eigenvalue weighted by Gasteiger charge is -2.25. The second-order valence-electron chi connectivity index (χ2n) is 5.13. The zero-order valence-electron chi connectivity index (χ0n) is 10.9. The molecule has 1 saturated carbocycles. The van der Waals surface area contributed by atoms with Crippen LogP contribution in [0.15, 0.2) is 24.3 Å². The average molecular weight is 249 g/mol. The molecule has 18 heavy (non-hydrogen) atoms. The number of likely N-dealkylation sites (N-methyl/N-ethyl adjacent to an activating group) is 1. The lowest BCUT2D eigenvalue weighted by Crippen LogP contribution is -2.37. The minimum absolute atomic E-state index is 0.00997. The molecule has 0 aromatic heterocycles. The van der Waals surface area contributed by atoms with E-state index in [2.05, 4.69) is 4.90 Å². The second-order valence-corrected chi connectivity index (χ2v) is 5.13. The number of benzene rings is 1. The predicted octanol–water partition coefficient (Wildman–Crippen LogP) is 3.16. The van der Waals surface area contributed by atoms with E-state index in [1.54, 1.807) is 6.07 Å². The summed E-state index contributed by atoms with van der Waals surface area (Å²) in [6.07, 6.45) is 4.91. The number of Topliss-reactive ketones (excluding diaryl/α,β-unsaturated/α-hetero) is 1. The summed E-state index contributed by atoms with van der Waals surface area (Å²) in [5.74, 6) is 0.125. The third kappa shape index (κ3) is 3.39. The summed E-state index contributed by atoms with van der Waals surface area (Å²) in [6, 6.07) is 6.61. The van der Waals surface area contributed by atoms with Crippen molar-refractivity contribution < 1.29 is 9.18 Å². The van der Waals surface area contributed by atoms with Crippen LogP contribution in [0.25, 0.3) is 0 Å². The maximum absolute atomic E-state index is 13.1. The van der Waals surface area contributed by atoms with Crippen LogP contribution < -0.4 is 0 Å². The molecule has 0 saturated heterocycles. The lowest BCUT2D eigenvalue weighted by atomic mass is 10.1. The van der Waals surface area contributed by atoms with Crippen molar-refractivity contribution in [3.63, 3.8) is 0 Å². The summed E-state index contributed by atoms with van der Waals surface area (Å²) in [7, 11) is 1.96. The number of hydrogen-bond acceptors (Lipinski definition) is 2. The van der Waals surface area contributed by atoms with Crippen LogP contribution in [0, 0.1) is 5.82 Å². The molecule has 1 aromatic rings. The van der Waals surface area contributed by atoms with Crippen LogP contribution in [0.1, 0.15) is 37.7 Å². The number of carbonyl (C=O) groups is 1. The van der Waals surface area contributed by atoms with Gasteiger partial charge in [0.15, 0.2) is 0 Å². The standard InChI is InChI=1S/C15H20FNO/c1-17(11-12-6-5-7-13(16)10-12)14-8-3-2-4-9-15(14)18/h5-7,10,14H,2-4,8-9,11H2,1H3. The summed E-state index contributed by atoms with van der Waals surface area (Å²) < 4.78 is 13.1. The molecular weight excluding hydrogens is 229 g/mol. The fourth-order valence-corrected chi connectivity index (χ4v) is 2.64. The van der Waals surface area contributed by atoms with Crippen molar-refractivity contribution in [2.45, 2.75) is 44.7 Å². The molecule has 3 heteroatoms. The Bertz CT molecular complexity index is 419. The van der Waals surface area contributed by atoms with Crippen LogP contribution in [-0.2, 0) is 11.3 Å². The highest BCUT2D eigenvalue weighted by molar-refractivity contribution is 5.84. The van der Waals surface area contributed by atoms with Gasteiger partial charge in [0.1, 0.15) is 11.6 Å². The molecule has 0 amide bonds. The van der Waals surface area contributed by atoms with E-state index in [4.69, 9.17) is 0 Å². The monoisotopic (exact) mass is 249 g/mol. The predicted molar refractivity (Wildman–Crippen MR) is 69.7 cm³/mol. The van der Waals surface area contributed by atoms with Gasteiger partial charge in [0.25, 0.3) is 0 Å². The van der Waals surface area contributed by atoms with Crippen LogP contribution >= 0.6 is 0 Å². The van der Waals surface area contributed by atoms with Gasteiger partial charge in [-0.3, -0.25) is 9.69 Å². The van der Waals surface area contributed by atoms with Crippen molar-refractivity contribution in [3.8, 4) is 0 Å². The van der Waals surface area contributed by atoms with E-state index in [0.717, 1.165) is 31.2 Å². The van der Waals surface area contributed by atoms with Gasteiger partial charge in [-0.25, -0.2) is 4.39 Å². The van der Waals surface area contributed by atoms with Gasteiger partial charge in [-0.2, -0.15) is 0 Å². The van der Waals surface area contributed by atoms with E-state index in [-0.39, 0.29) is 11.9 Å². The Hall–Kier alpha value is -1.22. The number of ketones is 1. The SMILES string of the molecule is CN(Cc1cccc(F)c1)C1CCCCCC1=O. The van der Waals surface area contributed by atoms with Crippen molar-refractivity contribution >= 4 is 5.78 Å². The van der Waals surface area contributed by atoms with E-state index < -0.39 is 0 Å². The fraction of sp³-hybridized carbons (Fsp3) is 0.533. The van der Waals surface area contributed by atoms with Gasteiger partial charge in [-0.15, -0.1) is 0 Å². The molecule has 0 bridgehead atoms. The molecule has 0 spiro atoms. The molecule has 0 heterocycles. The molecule has 1 aliphatic rings. The first-order valence-electron chi connectivity index (χ1n) is 6.64. The molecule has 0 aliphatic heterocycles. The Morgan fingerprint density at radius 3 is 2.94 bits per heavy atom. The quantitative estimate of drug-likeness (QED) is 0.767. The Morgan fingerprint density at radius 1 is 1.33 bits per heavy atom. The summed E-state index contributed by atoms with van der Waals surface area (Å²) in [5, 5.41) is 0. The third-order valence-electron chi connectivity index (χ3n) is 3.63. The van der Waals surface area contributed by atoms with Gasteiger partial charge in [0.2, 0.25) is 0 Å². The Kier molecular flexibility index (Phi) is 4.48. The highest BCUT2D eigenvalue weighted by Gasteiger charge is 2.24. The van der Waals surface area contributed by atoms with E-state index in [0.29, 0.717) is 18.7 Å². The molecule has 0 N–H and O–H groups in total. The topological polar surface area (TPSA) is 20.3 Å². The van der Waals surface area contributed by atoms with Crippen molar-refractivity contribution in [2.24, 2.45) is 0 Å². The van der Waals surface area contributed by atoms with E-state index >= 15 is 0 Å². The lowest BCUT2D eigenvalue weighted by molar-refractivity contribution is -0.123. The van der Waals surface area contributed by atoms with Gasteiger partial charge < -0.3 is 0 Å². The number of rotatable bonds is 3. The van der Waals surface area contributed by atoms with E-state index in [1.165, 1.54) is 12.1 Å². The Labute approximate surface area is 108 Å². The van der Waals surface area contributed by atoms with Gasteiger partial charge >= 0.3 is 0 Å². The Balaban J connectivity index is 2.02. The van der Waals surface area contributed by atoms with Gasteiger partial charge in [0, 0.05) is 13.0 Å². The van der Waals surface area contributed by atoms with Crippen LogP contribution in [0.2, 0.25) is 0 Å². The van der Waals surface area contributed by atoms with Crippen molar-refractivity contribution in [2.75, 3.05) is 7.05 Å². The van der Waals surface area contributed by atoms with Gasteiger partial charge in [-0.05, 0) is 37.6 Å². The maximum atomic E-state index is 13.1. The molecule has 2 nitrogen and oxygen atoms in total. The summed E-state index contributed by atoms with van der Waals surface area (Å²) in [6.45, 7) is 0.633. The minimum atomic E-state index is -0.215. The number of hydrogen-bond donors (Lipinski definition) is 0. The molecule has 1 aliphatic carbocycles. The van der Waals surface area contributed by atoms with Gasteiger partial charge in [0.05, 0.1) is 6.04 Å². The number of carbonyl (C=O) groups excluding carboxylic acids is 1. The van der Waals surface area contributed by atoms with Gasteiger partial charge in [-0.1, -0.05) is 25.0 Å². The van der Waals surface area contributed by atoms with Crippen molar-refractivity contribution in [1.29, 1.82) is 0 Å². The Morgan fingerprint density at radius 2 is 2.17 bits per heavy atom. The van der Waals surface area contributed by atoms with Crippen LogP contribution in [0.4, 0.5) is 4.39 Å². The maximum Gasteiger partial charge on any atom is 0.149 e. The molecule has 98 valence electrons. The zero-order chi connectivity index (χ0) is 13.0. The fourth-order valence-electron chi connectivity index (χ4n) is 2.64. The summed E-state index contributed by atoms with van der Waals surface area (Å²) in [5.41, 5.74) is 0.926. The zero-order valence-corrected chi connectivity index (χ0v) is 10.9. The number of halogens is 1. The largest absolute Gasteiger partial charge is 0.298 e. The van der Waals surface area contributed by atoms with Crippen LogP contribution in [0.3, 0.4) is 0 Å². The van der Waals surface area contributed by atoms with E-state index in [9.17, 15) is 9.18 Å². The molecule has 0 radical (unpaired) electrons. The molecule has 1 atom stereocenters. The average Bonchev–Trinajstić information content (AvgIpc) is 2.54. The molecule has 2 rings (SSSR count). The summed E-state index contributed by atoms with van der Waals surface area (Å²) in [4.78, 5) is 14.1. The third-order valence-corrected chi connectivity index (χ3v) is 3.63. The molecule has 1 unspecified atom stereocenters. The first kappa shape index (κ1) is 13.2. The highest BCUT2D eigenvalue weighted by Crippen LogP contribution is 2.20. The highest BCUT2D eigenvalue weighted by atomic mass is 19.1. The van der Waals surface area contributed by atoms with E-state index in [1.807, 2.05) is 13.1 Å². The summed E-state index contributed by atoms with van der Waals surface area (Å²) >= 11 is 0. The first-order chi connectivity index (χ1) is 8.66.